The van der Waals surface area contributed by atoms with Crippen LogP contribution in [0, 0.1) is 11.6 Å². The fraction of sp³-hybridized carbons (Fsp3) is 0.250. The summed E-state index contributed by atoms with van der Waals surface area (Å²) in [5.74, 6) is -1.28. The molecular weight excluding hydrogens is 302 g/mol. The van der Waals surface area contributed by atoms with E-state index in [1.165, 1.54) is 18.2 Å². The summed E-state index contributed by atoms with van der Waals surface area (Å²) in [7, 11) is 3.39. The number of hydrogen-bond acceptors (Lipinski definition) is 3. The molecule has 122 valence electrons. The third kappa shape index (κ3) is 4.46. The van der Waals surface area contributed by atoms with E-state index >= 15 is 0 Å². The van der Waals surface area contributed by atoms with E-state index in [0.29, 0.717) is 5.69 Å². The van der Waals surface area contributed by atoms with E-state index < -0.39 is 23.7 Å². The summed E-state index contributed by atoms with van der Waals surface area (Å²) in [6.45, 7) is 0.0573. The van der Waals surface area contributed by atoms with Gasteiger partial charge in [-0.05, 0) is 38.4 Å². The zero-order valence-electron chi connectivity index (χ0n) is 12.9. The number of urea groups is 1. The highest BCUT2D eigenvalue weighted by Gasteiger charge is 2.22. The SMILES string of the molecule is CN(C)[C@@H](CNC(=O)Nc1ccncc1)c1c(F)cccc1F. The molecule has 0 aliphatic heterocycles. The van der Waals surface area contributed by atoms with Gasteiger partial charge in [-0.25, -0.2) is 13.6 Å². The number of rotatable bonds is 5. The minimum Gasteiger partial charge on any atom is -0.336 e. The summed E-state index contributed by atoms with van der Waals surface area (Å²) in [5, 5.41) is 5.24. The molecule has 2 amide bonds. The quantitative estimate of drug-likeness (QED) is 0.891. The highest BCUT2D eigenvalue weighted by atomic mass is 19.1. The molecule has 0 unspecified atom stereocenters. The van der Waals surface area contributed by atoms with Gasteiger partial charge in [-0.1, -0.05) is 6.07 Å². The van der Waals surface area contributed by atoms with Crippen LogP contribution in [-0.2, 0) is 0 Å². The molecule has 1 aromatic heterocycles. The Morgan fingerprint density at radius 3 is 2.35 bits per heavy atom. The van der Waals surface area contributed by atoms with E-state index in [9.17, 15) is 13.6 Å². The Bertz CT molecular complexity index is 644. The number of anilines is 1. The van der Waals surface area contributed by atoms with E-state index in [4.69, 9.17) is 0 Å². The number of nitrogens with zero attached hydrogens (tertiary/aromatic N) is 2. The van der Waals surface area contributed by atoms with Crippen molar-refractivity contribution in [3.63, 3.8) is 0 Å². The van der Waals surface area contributed by atoms with E-state index in [1.54, 1.807) is 43.5 Å². The number of halogens is 2. The van der Waals surface area contributed by atoms with Crippen molar-refractivity contribution in [2.24, 2.45) is 0 Å². The predicted octanol–water partition coefficient (Wildman–Crippen LogP) is 2.78. The van der Waals surface area contributed by atoms with Gasteiger partial charge in [-0.3, -0.25) is 4.98 Å². The summed E-state index contributed by atoms with van der Waals surface area (Å²) < 4.78 is 27.9. The smallest absolute Gasteiger partial charge is 0.319 e. The standard InChI is InChI=1S/C16H18F2N4O/c1-22(2)14(15-12(17)4-3-5-13(15)18)10-20-16(23)21-11-6-8-19-9-7-11/h3-9,14H,10H2,1-2H3,(H2,19,20,21,23)/t14-/m0/s1. The maximum atomic E-state index is 13.9. The maximum absolute atomic E-state index is 13.9. The molecule has 2 N–H and O–H groups in total. The Kier molecular flexibility index (Phi) is 5.59. The van der Waals surface area contributed by atoms with Crippen LogP contribution in [-0.4, -0.2) is 36.6 Å². The Labute approximate surface area is 133 Å². The van der Waals surface area contributed by atoms with Gasteiger partial charge in [0.1, 0.15) is 11.6 Å². The lowest BCUT2D eigenvalue weighted by Crippen LogP contribution is -2.37. The summed E-state index contributed by atoms with van der Waals surface area (Å²) in [6, 6.07) is 5.90. The molecule has 5 nitrogen and oxygen atoms in total. The Hall–Kier alpha value is -2.54. The largest absolute Gasteiger partial charge is 0.336 e. The molecule has 0 saturated carbocycles. The second-order valence-electron chi connectivity index (χ2n) is 5.19. The Morgan fingerprint density at radius 1 is 1.17 bits per heavy atom. The summed E-state index contributed by atoms with van der Waals surface area (Å²) >= 11 is 0. The van der Waals surface area contributed by atoms with Gasteiger partial charge >= 0.3 is 6.03 Å². The maximum Gasteiger partial charge on any atom is 0.319 e. The molecule has 1 heterocycles. The first-order valence-corrected chi connectivity index (χ1v) is 7.04. The average molecular weight is 320 g/mol. The highest BCUT2D eigenvalue weighted by molar-refractivity contribution is 5.89. The van der Waals surface area contributed by atoms with Crippen LogP contribution in [0.5, 0.6) is 0 Å². The van der Waals surface area contributed by atoms with E-state index in [0.717, 1.165) is 0 Å². The minimum absolute atomic E-state index is 0.0573. The number of benzene rings is 1. The summed E-state index contributed by atoms with van der Waals surface area (Å²) in [4.78, 5) is 17.4. The molecule has 7 heteroatoms. The molecule has 0 bridgehead atoms. The van der Waals surface area contributed by atoms with Crippen molar-refractivity contribution in [2.45, 2.75) is 6.04 Å². The zero-order valence-corrected chi connectivity index (χ0v) is 12.9. The second-order valence-corrected chi connectivity index (χ2v) is 5.19. The average Bonchev–Trinajstić information content (AvgIpc) is 2.50. The molecule has 0 saturated heterocycles. The lowest BCUT2D eigenvalue weighted by atomic mass is 10.0. The van der Waals surface area contributed by atoms with Gasteiger partial charge in [-0.15, -0.1) is 0 Å². The van der Waals surface area contributed by atoms with Crippen LogP contribution in [0.15, 0.2) is 42.7 Å². The van der Waals surface area contributed by atoms with Gasteiger partial charge in [0.2, 0.25) is 0 Å². The number of carbonyl (C=O) groups is 1. The number of amides is 2. The van der Waals surface area contributed by atoms with Gasteiger partial charge in [0.15, 0.2) is 0 Å². The summed E-state index contributed by atoms with van der Waals surface area (Å²) in [6.07, 6.45) is 3.10. The molecule has 0 spiro atoms. The van der Waals surface area contributed by atoms with Gasteiger partial charge in [0.25, 0.3) is 0 Å². The van der Waals surface area contributed by atoms with Crippen LogP contribution < -0.4 is 10.6 Å². The normalized spacial score (nSPS) is 12.0. The van der Waals surface area contributed by atoms with Crippen LogP contribution in [0.25, 0.3) is 0 Å². The predicted molar refractivity (Wildman–Crippen MR) is 84.0 cm³/mol. The van der Waals surface area contributed by atoms with Crippen molar-refractivity contribution in [3.05, 3.63) is 59.9 Å². The molecule has 0 radical (unpaired) electrons. The topological polar surface area (TPSA) is 57.3 Å². The molecule has 1 aromatic carbocycles. The molecular formula is C16H18F2N4O. The van der Waals surface area contributed by atoms with Crippen molar-refractivity contribution in [2.75, 3.05) is 26.0 Å². The lowest BCUT2D eigenvalue weighted by Gasteiger charge is -2.25. The third-order valence-electron chi connectivity index (χ3n) is 3.35. The van der Waals surface area contributed by atoms with Crippen molar-refractivity contribution in [3.8, 4) is 0 Å². The third-order valence-corrected chi connectivity index (χ3v) is 3.35. The highest BCUT2D eigenvalue weighted by Crippen LogP contribution is 2.23. The molecule has 0 aliphatic carbocycles. The number of likely N-dealkylation sites (N-methyl/N-ethyl adjacent to an activating group) is 1. The molecule has 0 aliphatic rings. The minimum atomic E-state index is -0.639. The van der Waals surface area contributed by atoms with E-state index in [2.05, 4.69) is 15.6 Å². The van der Waals surface area contributed by atoms with Gasteiger partial charge < -0.3 is 15.5 Å². The van der Waals surface area contributed by atoms with Gasteiger partial charge in [0, 0.05) is 30.2 Å². The number of aromatic nitrogens is 1. The fourth-order valence-corrected chi connectivity index (χ4v) is 2.17. The number of carbonyl (C=O) groups excluding carboxylic acids is 1. The second kappa shape index (κ2) is 7.64. The van der Waals surface area contributed by atoms with Crippen LogP contribution >= 0.6 is 0 Å². The molecule has 2 aromatic rings. The first-order valence-electron chi connectivity index (χ1n) is 7.04. The van der Waals surface area contributed by atoms with E-state index in [1.807, 2.05) is 0 Å². The summed E-state index contributed by atoms with van der Waals surface area (Å²) in [5.41, 5.74) is 0.512. The molecule has 2 rings (SSSR count). The Balaban J connectivity index is 2.05. The number of hydrogen-bond donors (Lipinski definition) is 2. The van der Waals surface area contributed by atoms with Crippen molar-refractivity contribution < 1.29 is 13.6 Å². The zero-order chi connectivity index (χ0) is 16.8. The van der Waals surface area contributed by atoms with Crippen LogP contribution in [0.4, 0.5) is 19.3 Å². The van der Waals surface area contributed by atoms with Gasteiger partial charge in [0.05, 0.1) is 6.04 Å². The van der Waals surface area contributed by atoms with Gasteiger partial charge in [-0.2, -0.15) is 0 Å². The van der Waals surface area contributed by atoms with Crippen LogP contribution in [0.3, 0.4) is 0 Å². The van der Waals surface area contributed by atoms with Crippen LogP contribution in [0.1, 0.15) is 11.6 Å². The van der Waals surface area contributed by atoms with Crippen molar-refractivity contribution in [1.29, 1.82) is 0 Å². The fourth-order valence-electron chi connectivity index (χ4n) is 2.17. The monoisotopic (exact) mass is 320 g/mol. The van der Waals surface area contributed by atoms with Crippen molar-refractivity contribution >= 4 is 11.7 Å². The van der Waals surface area contributed by atoms with E-state index in [-0.39, 0.29) is 12.1 Å². The first kappa shape index (κ1) is 16.8. The van der Waals surface area contributed by atoms with Crippen LogP contribution in [0.2, 0.25) is 0 Å². The molecule has 0 fully saturated rings. The molecule has 23 heavy (non-hydrogen) atoms. The number of pyridine rings is 1. The lowest BCUT2D eigenvalue weighted by molar-refractivity contribution is 0.240. The number of nitrogens with one attached hydrogen (secondary N) is 2. The Morgan fingerprint density at radius 2 is 1.78 bits per heavy atom. The molecule has 1 atom stereocenters. The van der Waals surface area contributed by atoms with Crippen molar-refractivity contribution in [1.82, 2.24) is 15.2 Å². The first-order chi connectivity index (χ1) is 11.0.